The van der Waals surface area contributed by atoms with Gasteiger partial charge in [-0.25, -0.2) is 9.97 Å². The minimum atomic E-state index is 0.667. The highest BCUT2D eigenvalue weighted by Crippen LogP contribution is 2.38. The van der Waals surface area contributed by atoms with Crippen molar-refractivity contribution >= 4 is 10.8 Å². The molecule has 0 fully saturated rings. The maximum atomic E-state index is 9.15. The summed E-state index contributed by atoms with van der Waals surface area (Å²) in [4.78, 5) is 10.1. The van der Waals surface area contributed by atoms with Crippen molar-refractivity contribution in [3.05, 3.63) is 181 Å². The summed E-state index contributed by atoms with van der Waals surface area (Å²) in [5.74, 6) is 0.718. The number of benzene rings is 7. The molecule has 0 amide bonds. The van der Waals surface area contributed by atoms with Gasteiger partial charge in [0.15, 0.2) is 5.82 Å². The molecule has 8 aromatic rings. The number of hydrogen-bond donors (Lipinski definition) is 0. The molecule has 7 aromatic carbocycles. The van der Waals surface area contributed by atoms with Gasteiger partial charge in [0.05, 0.1) is 23.0 Å². The Morgan fingerprint density at radius 3 is 1.27 bits per heavy atom. The van der Waals surface area contributed by atoms with E-state index >= 15 is 0 Å². The summed E-state index contributed by atoms with van der Waals surface area (Å²) in [7, 11) is 0. The molecule has 8 rings (SSSR count). The minimum absolute atomic E-state index is 0.667. The number of hydrogen-bond acceptors (Lipinski definition) is 3. The maximum absolute atomic E-state index is 9.15. The quantitative estimate of drug-likeness (QED) is 0.185. The first-order valence-electron chi connectivity index (χ1n) is 16.4. The highest BCUT2D eigenvalue weighted by Gasteiger charge is 2.16. The van der Waals surface area contributed by atoms with Gasteiger partial charge in [-0.15, -0.1) is 0 Å². The molecule has 0 saturated heterocycles. The summed E-state index contributed by atoms with van der Waals surface area (Å²) in [5, 5.41) is 11.6. The van der Waals surface area contributed by atoms with E-state index in [4.69, 9.17) is 15.2 Å². The summed E-state index contributed by atoms with van der Waals surface area (Å²) in [6.07, 6.45) is 0. The molecule has 0 atom stereocenters. The van der Waals surface area contributed by atoms with E-state index in [1.165, 1.54) is 21.9 Å². The monoisotopic (exact) mass is 625 g/mol. The standard InChI is InChI=1S/C46H31N3/c1-31-44(37-10-4-2-5-11-37)48-46(39-12-6-3-7-13-39)49-45(31)38-26-24-36(25-27-38)41-29-28-40(42-14-8-9-15-43(41)42)35-22-20-34(21-23-35)33-18-16-32(30-47)17-19-33/h2-29H,1H3. The van der Waals surface area contributed by atoms with Crippen LogP contribution in [0.2, 0.25) is 0 Å². The fourth-order valence-electron chi connectivity index (χ4n) is 6.58. The largest absolute Gasteiger partial charge is 0.228 e. The second-order valence-electron chi connectivity index (χ2n) is 12.2. The number of nitriles is 1. The maximum Gasteiger partial charge on any atom is 0.160 e. The molecule has 0 N–H and O–H groups in total. The molecule has 0 aliphatic carbocycles. The Balaban J connectivity index is 1.16. The highest BCUT2D eigenvalue weighted by atomic mass is 14.9. The van der Waals surface area contributed by atoms with Crippen LogP contribution in [0.5, 0.6) is 0 Å². The van der Waals surface area contributed by atoms with Gasteiger partial charge < -0.3 is 0 Å². The van der Waals surface area contributed by atoms with Crippen molar-refractivity contribution in [2.24, 2.45) is 0 Å². The van der Waals surface area contributed by atoms with Crippen molar-refractivity contribution in [1.29, 1.82) is 5.26 Å². The van der Waals surface area contributed by atoms with Crippen LogP contribution in [0, 0.1) is 18.3 Å². The molecule has 0 radical (unpaired) electrons. The van der Waals surface area contributed by atoms with E-state index in [-0.39, 0.29) is 0 Å². The number of rotatable bonds is 6. The van der Waals surface area contributed by atoms with Gasteiger partial charge in [-0.2, -0.15) is 5.26 Å². The van der Waals surface area contributed by atoms with Gasteiger partial charge in [-0.3, -0.25) is 0 Å². The molecule has 1 heterocycles. The average Bonchev–Trinajstić information content (AvgIpc) is 3.18. The predicted octanol–water partition coefficient (Wildman–Crippen LogP) is 11.8. The molecule has 3 heteroatoms. The van der Waals surface area contributed by atoms with Gasteiger partial charge in [0, 0.05) is 22.3 Å². The molecule has 0 unspecified atom stereocenters. The van der Waals surface area contributed by atoms with E-state index in [1.807, 2.05) is 48.5 Å². The smallest absolute Gasteiger partial charge is 0.160 e. The van der Waals surface area contributed by atoms with E-state index in [9.17, 15) is 0 Å². The second kappa shape index (κ2) is 12.9. The van der Waals surface area contributed by atoms with Crippen LogP contribution in [0.1, 0.15) is 11.1 Å². The summed E-state index contributed by atoms with van der Waals surface area (Å²) in [5.41, 5.74) is 13.7. The summed E-state index contributed by atoms with van der Waals surface area (Å²) < 4.78 is 0. The van der Waals surface area contributed by atoms with Crippen molar-refractivity contribution in [3.63, 3.8) is 0 Å². The SMILES string of the molecule is Cc1c(-c2ccccc2)nc(-c2ccccc2)nc1-c1ccc(-c2ccc(-c3ccc(-c4ccc(C#N)cc4)cc3)c3ccccc23)cc1. The second-order valence-corrected chi connectivity index (χ2v) is 12.2. The van der Waals surface area contributed by atoms with E-state index in [2.05, 4.69) is 134 Å². The lowest BCUT2D eigenvalue weighted by molar-refractivity contribution is 1.15. The molecule has 230 valence electrons. The third-order valence-corrected chi connectivity index (χ3v) is 9.16. The lowest BCUT2D eigenvalue weighted by Gasteiger charge is -2.15. The molecule has 3 nitrogen and oxygen atoms in total. The van der Waals surface area contributed by atoms with Crippen LogP contribution in [0.15, 0.2) is 170 Å². The predicted molar refractivity (Wildman–Crippen MR) is 202 cm³/mol. The van der Waals surface area contributed by atoms with E-state index in [1.54, 1.807) is 0 Å². The van der Waals surface area contributed by atoms with Crippen molar-refractivity contribution in [3.8, 4) is 73.4 Å². The third kappa shape index (κ3) is 5.78. The molecule has 0 bridgehead atoms. The first kappa shape index (κ1) is 29.8. The van der Waals surface area contributed by atoms with Gasteiger partial charge in [0.1, 0.15) is 0 Å². The van der Waals surface area contributed by atoms with Crippen LogP contribution >= 0.6 is 0 Å². The van der Waals surface area contributed by atoms with Gasteiger partial charge in [0.25, 0.3) is 0 Å². The Labute approximate surface area is 286 Å². The van der Waals surface area contributed by atoms with E-state index in [0.717, 1.165) is 61.7 Å². The van der Waals surface area contributed by atoms with Gasteiger partial charge in [-0.1, -0.05) is 158 Å². The van der Waals surface area contributed by atoms with Crippen molar-refractivity contribution < 1.29 is 0 Å². The minimum Gasteiger partial charge on any atom is -0.228 e. The number of aromatic nitrogens is 2. The summed E-state index contributed by atoms with van der Waals surface area (Å²) in [6, 6.07) is 61.0. The molecular weight excluding hydrogens is 595 g/mol. The van der Waals surface area contributed by atoms with Crippen molar-refractivity contribution in [2.45, 2.75) is 6.92 Å². The van der Waals surface area contributed by atoms with Gasteiger partial charge in [-0.05, 0) is 63.2 Å². The van der Waals surface area contributed by atoms with E-state index < -0.39 is 0 Å². The highest BCUT2D eigenvalue weighted by molar-refractivity contribution is 6.05. The molecular formula is C46H31N3. The molecule has 49 heavy (non-hydrogen) atoms. The van der Waals surface area contributed by atoms with Crippen LogP contribution in [0.25, 0.3) is 78.1 Å². The Morgan fingerprint density at radius 1 is 0.388 bits per heavy atom. The lowest BCUT2D eigenvalue weighted by atomic mass is 9.91. The fourth-order valence-corrected chi connectivity index (χ4v) is 6.58. The third-order valence-electron chi connectivity index (χ3n) is 9.16. The van der Waals surface area contributed by atoms with Gasteiger partial charge in [0.2, 0.25) is 0 Å². The van der Waals surface area contributed by atoms with Crippen molar-refractivity contribution in [1.82, 2.24) is 9.97 Å². The topological polar surface area (TPSA) is 49.6 Å². The van der Waals surface area contributed by atoms with E-state index in [0.29, 0.717) is 5.56 Å². The van der Waals surface area contributed by atoms with Crippen LogP contribution in [-0.4, -0.2) is 9.97 Å². The summed E-state index contributed by atoms with van der Waals surface area (Å²) >= 11 is 0. The van der Waals surface area contributed by atoms with Crippen LogP contribution < -0.4 is 0 Å². The lowest BCUT2D eigenvalue weighted by Crippen LogP contribution is -2.00. The van der Waals surface area contributed by atoms with Crippen LogP contribution in [0.4, 0.5) is 0 Å². The van der Waals surface area contributed by atoms with Gasteiger partial charge >= 0.3 is 0 Å². The average molecular weight is 626 g/mol. The molecule has 1 aromatic heterocycles. The zero-order valence-corrected chi connectivity index (χ0v) is 27.0. The Kier molecular flexibility index (Phi) is 7.82. The molecule has 0 aliphatic rings. The zero-order valence-electron chi connectivity index (χ0n) is 27.0. The first-order valence-corrected chi connectivity index (χ1v) is 16.4. The Hall–Kier alpha value is -6.63. The Morgan fingerprint density at radius 2 is 0.776 bits per heavy atom. The Bertz CT molecular complexity index is 2460. The number of fused-ring (bicyclic) bond motifs is 1. The summed E-state index contributed by atoms with van der Waals surface area (Å²) in [6.45, 7) is 2.11. The zero-order chi connectivity index (χ0) is 33.2. The molecule has 0 spiro atoms. The first-order chi connectivity index (χ1) is 24.2. The van der Waals surface area contributed by atoms with Crippen molar-refractivity contribution in [2.75, 3.05) is 0 Å². The molecule has 0 saturated carbocycles. The van der Waals surface area contributed by atoms with Crippen LogP contribution in [-0.2, 0) is 0 Å². The fraction of sp³-hybridized carbons (Fsp3) is 0.0217. The molecule has 0 aliphatic heterocycles. The number of nitrogens with zero attached hydrogens (tertiary/aromatic N) is 3. The van der Waals surface area contributed by atoms with Crippen LogP contribution in [0.3, 0.4) is 0 Å². The normalized spacial score (nSPS) is 10.9.